The molecule has 4 rings (SSSR count). The van der Waals surface area contributed by atoms with Gasteiger partial charge in [0.05, 0.1) is 36.3 Å². The van der Waals surface area contributed by atoms with Gasteiger partial charge in [-0.15, -0.1) is 12.8 Å². The van der Waals surface area contributed by atoms with Crippen molar-refractivity contribution in [2.75, 3.05) is 0 Å². The molecular weight excluding hydrogens is 379 g/mol. The molecule has 10 nitrogen and oxygen atoms in total. The van der Waals surface area contributed by atoms with Crippen molar-refractivity contribution in [3.05, 3.63) is 49.5 Å². The predicted octanol–water partition coefficient (Wildman–Crippen LogP) is -2.07. The van der Waals surface area contributed by atoms with Gasteiger partial charge in [-0.3, -0.25) is 4.68 Å². The van der Waals surface area contributed by atoms with Crippen molar-refractivity contribution >= 4 is 16.6 Å². The Morgan fingerprint density at radius 3 is 2.79 bits per heavy atom. The van der Waals surface area contributed by atoms with Crippen molar-refractivity contribution in [1.82, 2.24) is 39.3 Å². The SMILES string of the molecule is C=CCn1nc(-c2c[c-]nn2CN)nc1-c1nc(C(=C)N)cc2c1cnn2C.[Na+]. The Morgan fingerprint density at radius 1 is 1.31 bits per heavy atom. The van der Waals surface area contributed by atoms with Crippen molar-refractivity contribution < 1.29 is 29.6 Å². The van der Waals surface area contributed by atoms with Gasteiger partial charge in [-0.25, -0.2) is 14.6 Å². The number of hydrogen-bond acceptors (Lipinski definition) is 7. The number of nitrogens with two attached hydrogens (primary N) is 2. The van der Waals surface area contributed by atoms with Crippen LogP contribution in [0.2, 0.25) is 0 Å². The van der Waals surface area contributed by atoms with Crippen LogP contribution < -0.4 is 41.0 Å². The minimum absolute atomic E-state index is 0. The molecule has 4 heterocycles. The Labute approximate surface area is 189 Å². The van der Waals surface area contributed by atoms with Gasteiger partial charge in [0.2, 0.25) is 0 Å². The van der Waals surface area contributed by atoms with Gasteiger partial charge in [0.25, 0.3) is 0 Å². The molecule has 0 aliphatic rings. The summed E-state index contributed by atoms with van der Waals surface area (Å²) in [6, 6.07) is 3.54. The standard InChI is InChI=1S/C18H19N10.Na/c1-4-7-27-18(24-17(25-27)14-5-6-21-28(14)10-19)16-12-9-22-26(3)15(12)8-13(23-16)11(2)20;/h4-5,8-9H,1-2,7,10,19-20H2,3H3;/q-1;+1. The van der Waals surface area contributed by atoms with Crippen LogP contribution in [-0.2, 0) is 20.3 Å². The van der Waals surface area contributed by atoms with E-state index in [4.69, 9.17) is 16.5 Å². The monoisotopic (exact) mass is 398 g/mol. The van der Waals surface area contributed by atoms with E-state index in [-0.39, 0.29) is 36.2 Å². The molecule has 0 aromatic carbocycles. The van der Waals surface area contributed by atoms with E-state index in [0.717, 1.165) is 10.9 Å². The van der Waals surface area contributed by atoms with Crippen LogP contribution in [0.15, 0.2) is 37.6 Å². The van der Waals surface area contributed by atoms with Crippen molar-refractivity contribution in [3.63, 3.8) is 0 Å². The average Bonchev–Trinajstić information content (AvgIpc) is 3.39. The van der Waals surface area contributed by atoms with E-state index in [9.17, 15) is 0 Å². The first-order chi connectivity index (χ1) is 13.5. The molecule has 0 fully saturated rings. The van der Waals surface area contributed by atoms with E-state index in [1.807, 2.05) is 13.1 Å². The third-order valence-electron chi connectivity index (χ3n) is 4.32. The fraction of sp³-hybridized carbons (Fsp3) is 0.167. The number of allylic oxidation sites excluding steroid dienone is 1. The first-order valence-corrected chi connectivity index (χ1v) is 8.51. The summed E-state index contributed by atoms with van der Waals surface area (Å²) >= 11 is 0. The minimum atomic E-state index is 0. The summed E-state index contributed by atoms with van der Waals surface area (Å²) in [6.07, 6.45) is 6.25. The Bertz CT molecular complexity index is 1200. The Balaban J connectivity index is 0.00000240. The van der Waals surface area contributed by atoms with E-state index < -0.39 is 0 Å². The van der Waals surface area contributed by atoms with Crippen LogP contribution in [0.3, 0.4) is 0 Å². The summed E-state index contributed by atoms with van der Waals surface area (Å²) in [5.41, 5.74) is 14.7. The number of hydrogen-bond donors (Lipinski definition) is 2. The first-order valence-electron chi connectivity index (χ1n) is 8.51. The largest absolute Gasteiger partial charge is 1.00 e. The molecule has 0 radical (unpaired) electrons. The summed E-state index contributed by atoms with van der Waals surface area (Å²) in [4.78, 5) is 9.38. The van der Waals surface area contributed by atoms with E-state index in [2.05, 4.69) is 39.6 Å². The van der Waals surface area contributed by atoms with Crippen molar-refractivity contribution in [3.8, 4) is 23.0 Å². The maximum atomic E-state index is 5.91. The van der Waals surface area contributed by atoms with Gasteiger partial charge in [-0.1, -0.05) is 12.7 Å². The number of fused-ring (bicyclic) bond motifs is 1. The molecule has 4 N–H and O–H groups in total. The third kappa shape index (κ3) is 3.62. The van der Waals surface area contributed by atoms with Crippen LogP contribution in [0.5, 0.6) is 0 Å². The second-order valence-electron chi connectivity index (χ2n) is 6.15. The normalized spacial score (nSPS) is 10.8. The fourth-order valence-electron chi connectivity index (χ4n) is 2.96. The zero-order chi connectivity index (χ0) is 19.8. The number of aromatic nitrogens is 8. The molecule has 142 valence electrons. The van der Waals surface area contributed by atoms with Crippen molar-refractivity contribution in [2.45, 2.75) is 13.2 Å². The summed E-state index contributed by atoms with van der Waals surface area (Å²) in [7, 11) is 1.85. The van der Waals surface area contributed by atoms with E-state index in [1.54, 1.807) is 32.4 Å². The first kappa shape index (κ1) is 20.9. The molecular formula is C18H19N10Na. The van der Waals surface area contributed by atoms with Crippen LogP contribution in [-0.4, -0.2) is 39.3 Å². The molecule has 4 aromatic rings. The molecule has 0 aliphatic heterocycles. The van der Waals surface area contributed by atoms with Gasteiger partial charge in [0.15, 0.2) is 5.82 Å². The molecule has 0 spiro atoms. The van der Waals surface area contributed by atoms with Gasteiger partial charge in [-0.05, 0) is 11.8 Å². The minimum Gasteiger partial charge on any atom is -0.397 e. The van der Waals surface area contributed by atoms with Crippen LogP contribution in [0.4, 0.5) is 0 Å². The summed E-state index contributed by atoms with van der Waals surface area (Å²) < 4.78 is 5.04. The summed E-state index contributed by atoms with van der Waals surface area (Å²) in [5, 5.41) is 13.8. The van der Waals surface area contributed by atoms with Crippen LogP contribution in [0.25, 0.3) is 39.6 Å². The molecule has 29 heavy (non-hydrogen) atoms. The van der Waals surface area contributed by atoms with Gasteiger partial charge in [0, 0.05) is 12.4 Å². The molecule has 0 atom stereocenters. The molecule has 4 aromatic heterocycles. The predicted molar refractivity (Wildman–Crippen MR) is 105 cm³/mol. The Morgan fingerprint density at radius 2 is 2.10 bits per heavy atom. The van der Waals surface area contributed by atoms with Gasteiger partial charge < -0.3 is 21.2 Å². The zero-order valence-corrected chi connectivity index (χ0v) is 18.4. The van der Waals surface area contributed by atoms with E-state index in [1.165, 1.54) is 0 Å². The van der Waals surface area contributed by atoms with Crippen LogP contribution in [0.1, 0.15) is 5.69 Å². The molecule has 0 unspecified atom stereocenters. The smallest absolute Gasteiger partial charge is 0.397 e. The van der Waals surface area contributed by atoms with Gasteiger partial charge in [-0.2, -0.15) is 16.3 Å². The van der Waals surface area contributed by atoms with E-state index in [0.29, 0.717) is 41.0 Å². The molecule has 0 saturated heterocycles. The second-order valence-corrected chi connectivity index (χ2v) is 6.15. The Hall–Kier alpha value is -2.79. The average molecular weight is 398 g/mol. The third-order valence-corrected chi connectivity index (χ3v) is 4.32. The van der Waals surface area contributed by atoms with Crippen LogP contribution in [0, 0.1) is 6.20 Å². The number of aryl methyl sites for hydroxylation is 1. The number of nitrogens with zero attached hydrogens (tertiary/aromatic N) is 8. The number of pyridine rings is 1. The molecule has 0 amide bonds. The van der Waals surface area contributed by atoms with Crippen molar-refractivity contribution in [1.29, 1.82) is 0 Å². The summed E-state index contributed by atoms with van der Waals surface area (Å²) in [6.45, 7) is 8.25. The van der Waals surface area contributed by atoms with Crippen LogP contribution >= 0.6 is 0 Å². The Kier molecular flexibility index (Phi) is 5.99. The quantitative estimate of drug-likeness (QED) is 0.217. The van der Waals surface area contributed by atoms with Crippen molar-refractivity contribution in [2.24, 2.45) is 18.5 Å². The van der Waals surface area contributed by atoms with Gasteiger partial charge >= 0.3 is 29.6 Å². The molecule has 0 bridgehead atoms. The zero-order valence-electron chi connectivity index (χ0n) is 16.4. The maximum Gasteiger partial charge on any atom is 1.00 e. The molecule has 0 saturated carbocycles. The number of rotatable bonds is 6. The topological polar surface area (TPSA) is 131 Å². The van der Waals surface area contributed by atoms with E-state index >= 15 is 0 Å². The second kappa shape index (κ2) is 8.29. The fourth-order valence-corrected chi connectivity index (χ4v) is 2.96. The molecule has 11 heteroatoms. The van der Waals surface area contributed by atoms with Gasteiger partial charge in [0.1, 0.15) is 11.5 Å². The maximum absolute atomic E-state index is 5.91. The molecule has 0 aliphatic carbocycles. The summed E-state index contributed by atoms with van der Waals surface area (Å²) in [5.74, 6) is 1.02.